The number of hydrogen-bond acceptors (Lipinski definition) is 3. The van der Waals surface area contributed by atoms with Crippen LogP contribution >= 0.6 is 0 Å². The van der Waals surface area contributed by atoms with Crippen LogP contribution in [0.5, 0.6) is 0 Å². The highest BCUT2D eigenvalue weighted by Gasteiger charge is 2.12. The molecule has 0 saturated heterocycles. The summed E-state index contributed by atoms with van der Waals surface area (Å²) >= 11 is 0. The summed E-state index contributed by atoms with van der Waals surface area (Å²) in [6.45, 7) is 2.14. The Labute approximate surface area is 102 Å². The molecule has 0 unspecified atom stereocenters. The van der Waals surface area contributed by atoms with Crippen molar-refractivity contribution in [2.24, 2.45) is 0 Å². The molecule has 0 saturated carbocycles. The summed E-state index contributed by atoms with van der Waals surface area (Å²) in [7, 11) is 4.02. The van der Waals surface area contributed by atoms with Gasteiger partial charge in [-0.05, 0) is 6.42 Å². The molecule has 0 atom stereocenters. The van der Waals surface area contributed by atoms with Crippen molar-refractivity contribution < 1.29 is 0 Å². The first kappa shape index (κ1) is 11.6. The Morgan fingerprint density at radius 2 is 1.76 bits per heavy atom. The maximum absolute atomic E-state index is 4.43. The highest BCUT2D eigenvalue weighted by atomic mass is 15.1. The Hall–Kier alpha value is -1.90. The van der Waals surface area contributed by atoms with E-state index in [2.05, 4.69) is 29.0 Å². The molecule has 2 rings (SSSR count). The van der Waals surface area contributed by atoms with Gasteiger partial charge in [-0.25, -0.2) is 9.97 Å². The van der Waals surface area contributed by atoms with E-state index in [0.29, 0.717) is 0 Å². The zero-order chi connectivity index (χ0) is 12.3. The first-order valence-corrected chi connectivity index (χ1v) is 5.80. The van der Waals surface area contributed by atoms with Crippen molar-refractivity contribution in [3.63, 3.8) is 0 Å². The van der Waals surface area contributed by atoms with Gasteiger partial charge in [0.15, 0.2) is 0 Å². The number of anilines is 1. The molecule has 0 aliphatic carbocycles. The van der Waals surface area contributed by atoms with Crippen LogP contribution in [0.2, 0.25) is 0 Å². The van der Waals surface area contributed by atoms with E-state index in [9.17, 15) is 0 Å². The molecule has 88 valence electrons. The average Bonchev–Trinajstić information content (AvgIpc) is 2.38. The van der Waals surface area contributed by atoms with Crippen LogP contribution in [0.25, 0.3) is 11.3 Å². The molecule has 0 aliphatic rings. The molecule has 0 aliphatic heterocycles. The summed E-state index contributed by atoms with van der Waals surface area (Å²) in [6, 6.07) is 10.3. The maximum atomic E-state index is 4.43. The van der Waals surface area contributed by atoms with Crippen LogP contribution < -0.4 is 4.90 Å². The highest BCUT2D eigenvalue weighted by Crippen LogP contribution is 2.26. The van der Waals surface area contributed by atoms with E-state index >= 15 is 0 Å². The minimum Gasteiger partial charge on any atom is -0.362 e. The lowest BCUT2D eigenvalue weighted by molar-refractivity contribution is 0.979. The molecule has 0 radical (unpaired) electrons. The summed E-state index contributed by atoms with van der Waals surface area (Å²) in [6.07, 6.45) is 2.56. The SMILES string of the molecule is CCc1c(-c2ccccc2)ncnc1N(C)C. The first-order chi connectivity index (χ1) is 8.24. The quantitative estimate of drug-likeness (QED) is 0.807. The van der Waals surface area contributed by atoms with Gasteiger partial charge in [0, 0.05) is 25.2 Å². The lowest BCUT2D eigenvalue weighted by Crippen LogP contribution is -2.14. The van der Waals surface area contributed by atoms with E-state index in [1.807, 2.05) is 37.2 Å². The fourth-order valence-electron chi connectivity index (χ4n) is 1.96. The largest absolute Gasteiger partial charge is 0.362 e. The second-order valence-corrected chi connectivity index (χ2v) is 4.14. The van der Waals surface area contributed by atoms with Crippen LogP contribution in [0.1, 0.15) is 12.5 Å². The third-order valence-corrected chi connectivity index (χ3v) is 2.75. The van der Waals surface area contributed by atoms with E-state index < -0.39 is 0 Å². The minimum absolute atomic E-state index is 0.929. The normalized spacial score (nSPS) is 10.3. The van der Waals surface area contributed by atoms with Gasteiger partial charge in [-0.15, -0.1) is 0 Å². The van der Waals surface area contributed by atoms with Gasteiger partial charge in [0.25, 0.3) is 0 Å². The molecule has 3 nitrogen and oxygen atoms in total. The van der Waals surface area contributed by atoms with Crippen LogP contribution in [0.4, 0.5) is 5.82 Å². The number of nitrogens with zero attached hydrogens (tertiary/aromatic N) is 3. The third-order valence-electron chi connectivity index (χ3n) is 2.75. The van der Waals surface area contributed by atoms with Gasteiger partial charge < -0.3 is 4.90 Å². The van der Waals surface area contributed by atoms with Gasteiger partial charge in [-0.3, -0.25) is 0 Å². The number of benzene rings is 1. The summed E-state index contributed by atoms with van der Waals surface area (Å²) in [5.74, 6) is 1.00. The van der Waals surface area contributed by atoms with Crippen molar-refractivity contribution in [1.82, 2.24) is 9.97 Å². The maximum Gasteiger partial charge on any atom is 0.135 e. The van der Waals surface area contributed by atoms with E-state index in [1.165, 1.54) is 5.56 Å². The van der Waals surface area contributed by atoms with Gasteiger partial charge in [0.1, 0.15) is 12.1 Å². The fourth-order valence-corrected chi connectivity index (χ4v) is 1.96. The standard InChI is InChI=1S/C14H17N3/c1-4-12-13(11-8-6-5-7-9-11)15-10-16-14(12)17(2)3/h5-10H,4H2,1-3H3. The van der Waals surface area contributed by atoms with Crippen molar-refractivity contribution in [3.8, 4) is 11.3 Å². The molecule has 3 heteroatoms. The predicted molar refractivity (Wildman–Crippen MR) is 71.2 cm³/mol. The van der Waals surface area contributed by atoms with Crippen molar-refractivity contribution in [1.29, 1.82) is 0 Å². The second-order valence-electron chi connectivity index (χ2n) is 4.14. The topological polar surface area (TPSA) is 29.0 Å². The highest BCUT2D eigenvalue weighted by molar-refractivity contribution is 5.68. The molecular formula is C14H17N3. The Morgan fingerprint density at radius 3 is 2.35 bits per heavy atom. The number of hydrogen-bond donors (Lipinski definition) is 0. The van der Waals surface area contributed by atoms with Crippen molar-refractivity contribution in [3.05, 3.63) is 42.2 Å². The van der Waals surface area contributed by atoms with E-state index in [0.717, 1.165) is 23.5 Å². The van der Waals surface area contributed by atoms with Gasteiger partial charge in [0.2, 0.25) is 0 Å². The molecular weight excluding hydrogens is 210 g/mol. The lowest BCUT2D eigenvalue weighted by atomic mass is 10.0. The van der Waals surface area contributed by atoms with Crippen molar-refractivity contribution in [2.45, 2.75) is 13.3 Å². The smallest absolute Gasteiger partial charge is 0.135 e. The molecule has 0 N–H and O–H groups in total. The third kappa shape index (κ3) is 2.28. The monoisotopic (exact) mass is 227 g/mol. The Bertz CT molecular complexity index is 492. The molecule has 1 heterocycles. The molecule has 1 aromatic carbocycles. The lowest BCUT2D eigenvalue weighted by Gasteiger charge is -2.17. The van der Waals surface area contributed by atoms with Crippen LogP contribution in [-0.2, 0) is 6.42 Å². The van der Waals surface area contributed by atoms with Crippen LogP contribution in [0.15, 0.2) is 36.7 Å². The van der Waals surface area contributed by atoms with Crippen LogP contribution in [0, 0.1) is 0 Å². The zero-order valence-electron chi connectivity index (χ0n) is 10.5. The number of aromatic nitrogens is 2. The Kier molecular flexibility index (Phi) is 3.38. The second kappa shape index (κ2) is 4.95. The van der Waals surface area contributed by atoms with Gasteiger partial charge in [-0.1, -0.05) is 37.3 Å². The summed E-state index contributed by atoms with van der Waals surface area (Å²) in [5, 5.41) is 0. The van der Waals surface area contributed by atoms with Gasteiger partial charge in [-0.2, -0.15) is 0 Å². The molecule has 1 aromatic heterocycles. The van der Waals surface area contributed by atoms with Crippen LogP contribution in [-0.4, -0.2) is 24.1 Å². The Morgan fingerprint density at radius 1 is 1.06 bits per heavy atom. The average molecular weight is 227 g/mol. The summed E-state index contributed by atoms with van der Waals surface area (Å²) in [5.41, 5.74) is 3.38. The molecule has 17 heavy (non-hydrogen) atoms. The molecule has 2 aromatic rings. The zero-order valence-corrected chi connectivity index (χ0v) is 10.5. The number of rotatable bonds is 3. The summed E-state index contributed by atoms with van der Waals surface area (Å²) < 4.78 is 0. The Balaban J connectivity index is 2.59. The molecule has 0 bridgehead atoms. The fraction of sp³-hybridized carbons (Fsp3) is 0.286. The first-order valence-electron chi connectivity index (χ1n) is 5.80. The van der Waals surface area contributed by atoms with E-state index in [-0.39, 0.29) is 0 Å². The predicted octanol–water partition coefficient (Wildman–Crippen LogP) is 2.77. The van der Waals surface area contributed by atoms with E-state index in [4.69, 9.17) is 0 Å². The molecule has 0 amide bonds. The van der Waals surface area contributed by atoms with Gasteiger partial charge >= 0.3 is 0 Å². The summed E-state index contributed by atoms with van der Waals surface area (Å²) in [4.78, 5) is 10.8. The van der Waals surface area contributed by atoms with Crippen molar-refractivity contribution >= 4 is 5.82 Å². The van der Waals surface area contributed by atoms with Crippen molar-refractivity contribution in [2.75, 3.05) is 19.0 Å². The van der Waals surface area contributed by atoms with E-state index in [1.54, 1.807) is 6.33 Å². The molecule has 0 spiro atoms. The van der Waals surface area contributed by atoms with Gasteiger partial charge in [0.05, 0.1) is 5.69 Å². The van der Waals surface area contributed by atoms with Crippen LogP contribution in [0.3, 0.4) is 0 Å². The minimum atomic E-state index is 0.929. The molecule has 0 fully saturated rings.